The van der Waals surface area contributed by atoms with Gasteiger partial charge in [0, 0.05) is 70.2 Å². The number of hydrogen-bond donors (Lipinski definition) is 0. The number of rotatable bonds is 6. The summed E-state index contributed by atoms with van der Waals surface area (Å²) < 4.78 is 11.8. The summed E-state index contributed by atoms with van der Waals surface area (Å²) in [6, 6.07) is 80.8. The van der Waals surface area contributed by atoms with Crippen molar-refractivity contribution < 1.29 is 4.42 Å². The van der Waals surface area contributed by atoms with Crippen LogP contribution in [0, 0.1) is 12.8 Å². The Hall–Kier alpha value is -8.90. The lowest BCUT2D eigenvalue weighted by molar-refractivity contribution is 0.548. The number of aliphatic imine (C=N–C) groups is 2. The Balaban J connectivity index is 1.07. The van der Waals surface area contributed by atoms with E-state index >= 15 is 0 Å². The molecule has 0 saturated heterocycles. The van der Waals surface area contributed by atoms with E-state index in [-0.39, 0.29) is 17.9 Å². The standard InChI is InChI=1S/C71H49N3OS/c1-3-48(43-18-5-4-6-19-43)51-26-15-27-53(65(51)49-24-12-7-17-41(49)2)69-57-35-42-31-32-50-55-37-44-20-8-10-22-46(44)39-60(55)74(59(50)36-42)58-33-34-63-67(56-38-45-21-9-11-23-47(45)40-64(56)76-63)68(58)70(57)73-71(72-69)54-28-16-30-62-66(54)52-25-13-14-29-61(52)75-62/h4-34,36-40,48,57,70H,3,35H2,1-2H3/t48-,57?,70?/m0/s1. The molecule has 16 rings (SSSR count). The molecule has 360 valence electrons. The van der Waals surface area contributed by atoms with Gasteiger partial charge in [0.15, 0.2) is 5.84 Å². The highest BCUT2D eigenvalue weighted by Crippen LogP contribution is 2.51. The van der Waals surface area contributed by atoms with Gasteiger partial charge >= 0.3 is 0 Å². The summed E-state index contributed by atoms with van der Waals surface area (Å²) >= 11 is 1.89. The van der Waals surface area contributed by atoms with Crippen molar-refractivity contribution >= 4 is 108 Å². The van der Waals surface area contributed by atoms with E-state index in [1.807, 2.05) is 11.3 Å². The normalized spacial score (nSPS) is 15.9. The van der Waals surface area contributed by atoms with Crippen molar-refractivity contribution in [2.24, 2.45) is 15.9 Å². The van der Waals surface area contributed by atoms with Crippen LogP contribution in [0.25, 0.3) is 102 Å². The lowest BCUT2D eigenvalue weighted by Gasteiger charge is -2.34. The third kappa shape index (κ3) is 6.48. The zero-order valence-corrected chi connectivity index (χ0v) is 42.9. The first kappa shape index (κ1) is 43.5. The third-order valence-electron chi connectivity index (χ3n) is 16.8. The Kier molecular flexibility index (Phi) is 9.62. The van der Waals surface area contributed by atoms with Gasteiger partial charge in [-0.2, -0.15) is 0 Å². The topological polar surface area (TPSA) is 42.8 Å². The van der Waals surface area contributed by atoms with Crippen molar-refractivity contribution in [2.45, 2.75) is 38.6 Å². The van der Waals surface area contributed by atoms with Gasteiger partial charge in [-0.3, -0.25) is 4.99 Å². The number of para-hydroxylation sites is 1. The Morgan fingerprint density at radius 3 is 2.07 bits per heavy atom. The molecule has 2 aliphatic heterocycles. The van der Waals surface area contributed by atoms with E-state index in [2.05, 4.69) is 237 Å². The fourth-order valence-electron chi connectivity index (χ4n) is 13.4. The van der Waals surface area contributed by atoms with Crippen LogP contribution in [0.3, 0.4) is 0 Å². The number of thiophene rings is 1. The maximum absolute atomic E-state index is 6.64. The maximum Gasteiger partial charge on any atom is 0.156 e. The summed E-state index contributed by atoms with van der Waals surface area (Å²) in [7, 11) is 0. The van der Waals surface area contributed by atoms with Crippen LogP contribution in [0.2, 0.25) is 0 Å². The van der Waals surface area contributed by atoms with Gasteiger partial charge < -0.3 is 8.98 Å². The zero-order chi connectivity index (χ0) is 50.2. The van der Waals surface area contributed by atoms with E-state index in [0.717, 1.165) is 63.1 Å². The fourth-order valence-corrected chi connectivity index (χ4v) is 14.6. The number of aromatic nitrogens is 1. The average molecular weight is 992 g/mol. The number of hydrogen-bond acceptors (Lipinski definition) is 4. The van der Waals surface area contributed by atoms with Crippen LogP contribution >= 0.6 is 11.3 Å². The van der Waals surface area contributed by atoms with E-state index in [0.29, 0.717) is 0 Å². The zero-order valence-electron chi connectivity index (χ0n) is 42.1. The van der Waals surface area contributed by atoms with Crippen molar-refractivity contribution in [3.63, 3.8) is 0 Å². The number of fused-ring (bicyclic) bond motifs is 17. The summed E-state index contributed by atoms with van der Waals surface area (Å²) in [5.41, 5.74) is 17.2. The summed E-state index contributed by atoms with van der Waals surface area (Å²) in [6.45, 7) is 4.59. The molecule has 3 atom stereocenters. The molecule has 11 aromatic carbocycles. The predicted molar refractivity (Wildman–Crippen MR) is 321 cm³/mol. The molecule has 2 unspecified atom stereocenters. The van der Waals surface area contributed by atoms with Crippen LogP contribution in [-0.2, 0) is 6.42 Å². The molecule has 0 spiro atoms. The fraction of sp³-hybridized carbons (Fsp3) is 0.0986. The smallest absolute Gasteiger partial charge is 0.156 e. The molecule has 5 heterocycles. The largest absolute Gasteiger partial charge is 0.456 e. The van der Waals surface area contributed by atoms with Gasteiger partial charge in [-0.05, 0) is 129 Å². The highest BCUT2D eigenvalue weighted by atomic mass is 32.1. The van der Waals surface area contributed by atoms with Crippen molar-refractivity contribution in [3.8, 4) is 16.8 Å². The van der Waals surface area contributed by atoms with E-state index < -0.39 is 0 Å². The molecule has 3 aromatic heterocycles. The first-order valence-corrected chi connectivity index (χ1v) is 27.5. The van der Waals surface area contributed by atoms with Gasteiger partial charge in [0.25, 0.3) is 0 Å². The molecular formula is C71H49N3OS. The molecular weight excluding hydrogens is 943 g/mol. The molecule has 0 radical (unpaired) electrons. The molecule has 76 heavy (non-hydrogen) atoms. The SMILES string of the molecule is CC[C@@H](c1ccccc1)c1cccc(C2=NC(c3cccc4oc5ccccc5c34)=NC3c4c(ccc5sc6cc7ccccc7cc6c45)-n4c5cc(ccc5c5cc6ccccc6cc54)CC23)c1-c1ccccc1C. The number of aryl methyl sites for hydroxylation is 1. The molecule has 0 amide bonds. The van der Waals surface area contributed by atoms with Crippen molar-refractivity contribution in [1.29, 1.82) is 0 Å². The molecule has 14 aromatic rings. The number of nitrogens with zero attached hydrogens (tertiary/aromatic N) is 3. The predicted octanol–water partition coefficient (Wildman–Crippen LogP) is 19.0. The summed E-state index contributed by atoms with van der Waals surface area (Å²) in [5, 5.41) is 12.1. The van der Waals surface area contributed by atoms with Gasteiger partial charge in [0.05, 0.1) is 28.5 Å². The van der Waals surface area contributed by atoms with Gasteiger partial charge in [-0.15, -0.1) is 11.3 Å². The van der Waals surface area contributed by atoms with Crippen molar-refractivity contribution in [2.75, 3.05) is 0 Å². The van der Waals surface area contributed by atoms with Crippen molar-refractivity contribution in [3.05, 3.63) is 257 Å². The van der Waals surface area contributed by atoms with E-state index in [4.69, 9.17) is 14.4 Å². The highest BCUT2D eigenvalue weighted by molar-refractivity contribution is 7.26. The van der Waals surface area contributed by atoms with Crippen LogP contribution < -0.4 is 0 Å². The second-order valence-corrected chi connectivity index (χ2v) is 22.1. The van der Waals surface area contributed by atoms with Crippen LogP contribution in [0.5, 0.6) is 0 Å². The molecule has 2 bridgehead atoms. The second kappa shape index (κ2) is 16.8. The first-order chi connectivity index (χ1) is 37.5. The van der Waals surface area contributed by atoms with E-state index in [1.165, 1.54) is 102 Å². The Morgan fingerprint density at radius 2 is 1.24 bits per heavy atom. The summed E-state index contributed by atoms with van der Waals surface area (Å²) in [6.07, 6.45) is 1.67. The Morgan fingerprint density at radius 1 is 0.553 bits per heavy atom. The monoisotopic (exact) mass is 991 g/mol. The number of amidine groups is 1. The minimum absolute atomic E-state index is 0.153. The third-order valence-corrected chi connectivity index (χ3v) is 18.0. The summed E-state index contributed by atoms with van der Waals surface area (Å²) in [5.74, 6) is 0.699. The molecule has 0 N–H and O–H groups in total. The van der Waals surface area contributed by atoms with Crippen molar-refractivity contribution in [1.82, 2.24) is 4.57 Å². The van der Waals surface area contributed by atoms with Gasteiger partial charge in [-0.1, -0.05) is 171 Å². The summed E-state index contributed by atoms with van der Waals surface area (Å²) in [4.78, 5) is 12.3. The minimum atomic E-state index is -0.370. The van der Waals surface area contributed by atoms with E-state index in [9.17, 15) is 0 Å². The molecule has 0 aliphatic carbocycles. The molecule has 5 heteroatoms. The van der Waals surface area contributed by atoms with E-state index in [1.54, 1.807) is 0 Å². The lowest BCUT2D eigenvalue weighted by atomic mass is 9.75. The Labute approximate surface area is 443 Å². The first-order valence-electron chi connectivity index (χ1n) is 26.7. The van der Waals surface area contributed by atoms with Gasteiger partial charge in [0.1, 0.15) is 11.2 Å². The van der Waals surface area contributed by atoms with Crippen LogP contribution in [0.4, 0.5) is 0 Å². The van der Waals surface area contributed by atoms with Gasteiger partial charge in [-0.25, -0.2) is 4.99 Å². The molecule has 4 nitrogen and oxygen atoms in total. The second-order valence-electron chi connectivity index (χ2n) is 21.0. The molecule has 2 aliphatic rings. The highest BCUT2D eigenvalue weighted by Gasteiger charge is 2.40. The Bertz CT molecular complexity index is 4820. The average Bonchev–Trinajstić information content (AvgIpc) is 4.26. The minimum Gasteiger partial charge on any atom is -0.456 e. The maximum atomic E-state index is 6.64. The molecule has 0 fully saturated rings. The van der Waals surface area contributed by atoms with Crippen LogP contribution in [0.1, 0.15) is 64.2 Å². The molecule has 0 saturated carbocycles. The number of benzene rings is 11. The van der Waals surface area contributed by atoms with Crippen LogP contribution in [-0.4, -0.2) is 16.1 Å². The number of furan rings is 1. The van der Waals surface area contributed by atoms with Crippen LogP contribution in [0.15, 0.2) is 233 Å². The van der Waals surface area contributed by atoms with Gasteiger partial charge in [0.2, 0.25) is 0 Å². The quantitative estimate of drug-likeness (QED) is 0.164. The lowest BCUT2D eigenvalue weighted by Crippen LogP contribution is -2.31.